The lowest BCUT2D eigenvalue weighted by molar-refractivity contribution is -0.140. The number of amidine groups is 1. The monoisotopic (exact) mass is 512 g/mol. The van der Waals surface area contributed by atoms with Crippen molar-refractivity contribution in [1.29, 1.82) is 0 Å². The number of ether oxygens (including phenoxy) is 2. The highest BCUT2D eigenvalue weighted by molar-refractivity contribution is 5.95. The Kier molecular flexibility index (Phi) is 10.4. The Hall–Kier alpha value is -3.44. The van der Waals surface area contributed by atoms with Gasteiger partial charge in [-0.05, 0) is 18.9 Å². The number of benzene rings is 1. The van der Waals surface area contributed by atoms with Crippen LogP contribution in [-0.2, 0) is 25.7 Å². The first-order chi connectivity index (χ1) is 16.9. The summed E-state index contributed by atoms with van der Waals surface area (Å²) in [5.74, 6) is -2.12. The summed E-state index contributed by atoms with van der Waals surface area (Å²) < 4.78 is 37.2. The van der Waals surface area contributed by atoms with Crippen molar-refractivity contribution in [2.75, 3.05) is 20.8 Å². The third-order valence-corrected chi connectivity index (χ3v) is 5.76. The number of rotatable bonds is 9. The van der Waals surface area contributed by atoms with Crippen molar-refractivity contribution >= 4 is 23.9 Å². The molecule has 2 atom stereocenters. The number of nitrogens with one attached hydrogen (secondary N) is 2. The molecular formula is C24H34F2N4O6. The Morgan fingerprint density at radius 1 is 1.28 bits per heavy atom. The summed E-state index contributed by atoms with van der Waals surface area (Å²) in [5, 5.41) is 8.94. The van der Waals surface area contributed by atoms with Gasteiger partial charge in [0.05, 0.1) is 13.2 Å². The van der Waals surface area contributed by atoms with E-state index in [1.807, 2.05) is 20.8 Å². The standard InChI is InChI=1S/C24H34F2N4O6/c1-24(2,3)18-12-19(29-36-18)28-23(33)35-14-16(9-7-11-20(31)34-5)30(4)22(32)27-13-15-8-6-10-17(25)21(15)26/h6,8,10,16,18H,7,9,11-14H2,1-5H3,(H,27,32)(H,28,29,33)/t16-,18?/m0/s1. The number of methoxy groups -OCH3 is 1. The molecule has 1 aromatic rings. The number of carbonyl (C=O) groups is 3. The van der Waals surface area contributed by atoms with Gasteiger partial charge in [-0.1, -0.05) is 38.1 Å². The van der Waals surface area contributed by atoms with Crippen molar-refractivity contribution in [2.45, 2.75) is 65.1 Å². The first-order valence-corrected chi connectivity index (χ1v) is 11.6. The first-order valence-electron chi connectivity index (χ1n) is 11.6. The molecule has 0 aromatic heterocycles. The summed E-state index contributed by atoms with van der Waals surface area (Å²) in [6, 6.07) is 2.49. The van der Waals surface area contributed by atoms with E-state index in [-0.39, 0.29) is 36.7 Å². The number of alkyl carbamates (subject to hydrolysis) is 1. The van der Waals surface area contributed by atoms with E-state index < -0.39 is 35.8 Å². The number of carbonyl (C=O) groups excluding carboxylic acids is 3. The van der Waals surface area contributed by atoms with Crippen molar-refractivity contribution < 1.29 is 37.5 Å². The fourth-order valence-electron chi connectivity index (χ4n) is 3.36. The predicted molar refractivity (Wildman–Crippen MR) is 127 cm³/mol. The van der Waals surface area contributed by atoms with Crippen molar-refractivity contribution in [2.24, 2.45) is 10.6 Å². The molecule has 36 heavy (non-hydrogen) atoms. The summed E-state index contributed by atoms with van der Waals surface area (Å²) in [4.78, 5) is 43.1. The van der Waals surface area contributed by atoms with Crippen LogP contribution in [0, 0.1) is 17.0 Å². The fraction of sp³-hybridized carbons (Fsp3) is 0.583. The van der Waals surface area contributed by atoms with Gasteiger partial charge in [0.25, 0.3) is 0 Å². The lowest BCUT2D eigenvalue weighted by atomic mass is 9.87. The molecule has 2 N–H and O–H groups in total. The maximum Gasteiger partial charge on any atom is 0.412 e. The smallest absolute Gasteiger partial charge is 0.412 e. The molecule has 1 unspecified atom stereocenters. The van der Waals surface area contributed by atoms with Crippen LogP contribution in [0.15, 0.2) is 23.4 Å². The number of urea groups is 1. The van der Waals surface area contributed by atoms with Crippen LogP contribution >= 0.6 is 0 Å². The molecule has 0 fully saturated rings. The van der Waals surface area contributed by atoms with Crippen LogP contribution in [0.1, 0.15) is 52.0 Å². The van der Waals surface area contributed by atoms with E-state index in [2.05, 4.69) is 20.5 Å². The van der Waals surface area contributed by atoms with Crippen LogP contribution in [-0.4, -0.2) is 61.7 Å². The number of amides is 3. The molecule has 1 aliphatic heterocycles. The van der Waals surface area contributed by atoms with Gasteiger partial charge in [-0.3, -0.25) is 10.1 Å². The van der Waals surface area contributed by atoms with Crippen LogP contribution in [0.5, 0.6) is 0 Å². The minimum Gasteiger partial charge on any atom is -0.469 e. The Morgan fingerprint density at radius 3 is 2.64 bits per heavy atom. The zero-order valence-corrected chi connectivity index (χ0v) is 21.2. The topological polar surface area (TPSA) is 119 Å². The van der Waals surface area contributed by atoms with Crippen LogP contribution in [0.2, 0.25) is 0 Å². The zero-order chi connectivity index (χ0) is 26.9. The molecule has 10 nitrogen and oxygen atoms in total. The van der Waals surface area contributed by atoms with Gasteiger partial charge in [-0.15, -0.1) is 0 Å². The Morgan fingerprint density at radius 2 is 2.00 bits per heavy atom. The van der Waals surface area contributed by atoms with E-state index in [1.165, 1.54) is 31.2 Å². The number of esters is 1. The van der Waals surface area contributed by atoms with Crippen molar-refractivity contribution in [3.63, 3.8) is 0 Å². The van der Waals surface area contributed by atoms with E-state index >= 15 is 0 Å². The van der Waals surface area contributed by atoms with Gasteiger partial charge < -0.3 is 24.5 Å². The lowest BCUT2D eigenvalue weighted by Gasteiger charge is -2.28. The largest absolute Gasteiger partial charge is 0.469 e. The number of oxime groups is 1. The van der Waals surface area contributed by atoms with Crippen molar-refractivity contribution in [1.82, 2.24) is 15.5 Å². The average Bonchev–Trinajstić information content (AvgIpc) is 3.30. The molecule has 200 valence electrons. The minimum absolute atomic E-state index is 0.0114. The highest BCUT2D eigenvalue weighted by Crippen LogP contribution is 2.28. The summed E-state index contributed by atoms with van der Waals surface area (Å²) in [7, 11) is 2.75. The van der Waals surface area contributed by atoms with Gasteiger partial charge in [-0.2, -0.15) is 0 Å². The second kappa shape index (κ2) is 13.0. The predicted octanol–water partition coefficient (Wildman–Crippen LogP) is 3.69. The van der Waals surface area contributed by atoms with Crippen molar-refractivity contribution in [3.8, 4) is 0 Å². The van der Waals surface area contributed by atoms with Gasteiger partial charge in [-0.25, -0.2) is 18.4 Å². The molecule has 2 rings (SSSR count). The summed E-state index contributed by atoms with van der Waals surface area (Å²) >= 11 is 0. The van der Waals surface area contributed by atoms with Crippen molar-refractivity contribution in [3.05, 3.63) is 35.4 Å². The molecule has 1 aliphatic rings. The number of halogens is 2. The Balaban J connectivity index is 1.94. The summed E-state index contributed by atoms with van der Waals surface area (Å²) in [6.45, 7) is 5.57. The van der Waals surface area contributed by atoms with Crippen LogP contribution in [0.4, 0.5) is 18.4 Å². The van der Waals surface area contributed by atoms with Gasteiger partial charge in [0, 0.05) is 37.4 Å². The Labute approximate surface area is 209 Å². The van der Waals surface area contributed by atoms with Gasteiger partial charge in [0.2, 0.25) is 0 Å². The van der Waals surface area contributed by atoms with Gasteiger partial charge in [0.1, 0.15) is 12.7 Å². The molecule has 3 amide bonds. The second-order valence-electron chi connectivity index (χ2n) is 9.53. The fourth-order valence-corrected chi connectivity index (χ4v) is 3.36. The molecular weight excluding hydrogens is 478 g/mol. The quantitative estimate of drug-likeness (QED) is 0.487. The molecule has 1 heterocycles. The Bertz CT molecular complexity index is 966. The van der Waals surface area contributed by atoms with E-state index in [1.54, 1.807) is 0 Å². The van der Waals surface area contributed by atoms with Gasteiger partial charge in [0.15, 0.2) is 17.5 Å². The van der Waals surface area contributed by atoms with E-state index in [9.17, 15) is 23.2 Å². The average molecular weight is 513 g/mol. The zero-order valence-electron chi connectivity index (χ0n) is 21.2. The number of hydrogen-bond acceptors (Lipinski definition) is 7. The maximum absolute atomic E-state index is 13.9. The highest BCUT2D eigenvalue weighted by atomic mass is 19.2. The molecule has 1 aromatic carbocycles. The number of nitrogens with zero attached hydrogens (tertiary/aromatic N) is 2. The summed E-state index contributed by atoms with van der Waals surface area (Å²) in [5.41, 5.74) is -0.172. The third-order valence-electron chi connectivity index (χ3n) is 5.76. The molecule has 0 radical (unpaired) electrons. The lowest BCUT2D eigenvalue weighted by Crippen LogP contribution is -2.46. The van der Waals surface area contributed by atoms with E-state index in [0.717, 1.165) is 6.07 Å². The minimum atomic E-state index is -1.04. The third kappa shape index (κ3) is 8.65. The van der Waals surface area contributed by atoms with E-state index in [0.29, 0.717) is 25.1 Å². The highest BCUT2D eigenvalue weighted by Gasteiger charge is 2.33. The molecule has 0 spiro atoms. The number of hydrogen-bond donors (Lipinski definition) is 2. The maximum atomic E-state index is 13.9. The first kappa shape index (κ1) is 28.8. The van der Waals surface area contributed by atoms with E-state index in [4.69, 9.17) is 9.57 Å². The van der Waals surface area contributed by atoms with Crippen LogP contribution in [0.3, 0.4) is 0 Å². The van der Waals surface area contributed by atoms with Gasteiger partial charge >= 0.3 is 18.1 Å². The van der Waals surface area contributed by atoms with Crippen LogP contribution in [0.25, 0.3) is 0 Å². The van der Waals surface area contributed by atoms with Crippen LogP contribution < -0.4 is 10.6 Å². The SMILES string of the molecule is COC(=O)CCC[C@@H](COC(=O)NC1=NOC(C(C)(C)C)C1)N(C)C(=O)NCc1cccc(F)c1F. The second-order valence-corrected chi connectivity index (χ2v) is 9.53. The molecule has 0 saturated carbocycles. The molecule has 12 heteroatoms. The molecule has 0 aliphatic carbocycles. The summed E-state index contributed by atoms with van der Waals surface area (Å²) in [6.07, 6.45) is 0.270. The molecule has 0 bridgehead atoms. The normalized spacial score (nSPS) is 15.9. The number of likely N-dealkylation sites (N-methyl/N-ethyl adjacent to an activating group) is 1. The molecule has 0 saturated heterocycles.